The Balaban J connectivity index is 2.54. The minimum Gasteiger partial charge on any atom is -0.326 e. The van der Waals surface area contributed by atoms with Crippen LogP contribution in [0, 0.1) is 0 Å². The smallest absolute Gasteiger partial charge is 0.138 e. The molecule has 0 saturated carbocycles. The maximum atomic E-state index is 10.3. The number of nitrogens with two attached hydrogens (primary N) is 1. The van der Waals surface area contributed by atoms with Gasteiger partial charge in [0.15, 0.2) is 0 Å². The van der Waals surface area contributed by atoms with Gasteiger partial charge in [0.2, 0.25) is 0 Å². The first kappa shape index (κ1) is 6.71. The van der Waals surface area contributed by atoms with Crippen LogP contribution < -0.4 is 5.73 Å². The molecule has 1 aliphatic heterocycles. The minimum absolute atomic E-state index is 0.0370. The Kier molecular flexibility index (Phi) is 1.83. The summed E-state index contributed by atoms with van der Waals surface area (Å²) in [6.07, 6.45) is 1.87. The van der Waals surface area contributed by atoms with Crippen molar-refractivity contribution in [1.82, 2.24) is 4.90 Å². The third-order valence-electron chi connectivity index (χ3n) is 1.90. The molecule has 9 heavy (non-hydrogen) atoms. The lowest BCUT2D eigenvalue weighted by atomic mass is 10.2. The average molecular weight is 128 g/mol. The lowest BCUT2D eigenvalue weighted by molar-refractivity contribution is -0.111. The summed E-state index contributed by atoms with van der Waals surface area (Å²) in [5.41, 5.74) is 5.61. The van der Waals surface area contributed by atoms with E-state index in [-0.39, 0.29) is 12.1 Å². The molecule has 52 valence electrons. The molecule has 0 aliphatic carbocycles. The van der Waals surface area contributed by atoms with Crippen molar-refractivity contribution in [3.63, 3.8) is 0 Å². The van der Waals surface area contributed by atoms with Gasteiger partial charge < -0.3 is 10.5 Å². The van der Waals surface area contributed by atoms with Gasteiger partial charge in [-0.3, -0.25) is 4.90 Å². The van der Waals surface area contributed by atoms with E-state index in [0.717, 1.165) is 19.3 Å². The van der Waals surface area contributed by atoms with Crippen LogP contribution in [0.2, 0.25) is 0 Å². The van der Waals surface area contributed by atoms with Crippen molar-refractivity contribution in [2.24, 2.45) is 5.73 Å². The van der Waals surface area contributed by atoms with Crippen LogP contribution in [0.5, 0.6) is 0 Å². The van der Waals surface area contributed by atoms with Crippen molar-refractivity contribution in [3.8, 4) is 0 Å². The zero-order valence-corrected chi connectivity index (χ0v) is 5.58. The van der Waals surface area contributed by atoms with Crippen molar-refractivity contribution in [3.05, 3.63) is 0 Å². The highest BCUT2D eigenvalue weighted by molar-refractivity contribution is 5.59. The summed E-state index contributed by atoms with van der Waals surface area (Å²) in [5.74, 6) is 0. The van der Waals surface area contributed by atoms with Crippen LogP contribution in [0.1, 0.15) is 6.42 Å². The highest BCUT2D eigenvalue weighted by Gasteiger charge is 2.27. The third-order valence-corrected chi connectivity index (χ3v) is 1.90. The van der Waals surface area contributed by atoms with Gasteiger partial charge in [0.05, 0.1) is 6.04 Å². The molecule has 1 saturated heterocycles. The van der Waals surface area contributed by atoms with Gasteiger partial charge in [0, 0.05) is 12.6 Å². The first-order valence-electron chi connectivity index (χ1n) is 3.17. The number of likely N-dealkylation sites (tertiary alicyclic amines) is 1. The number of rotatable bonds is 1. The van der Waals surface area contributed by atoms with Gasteiger partial charge >= 0.3 is 0 Å². The summed E-state index contributed by atoms with van der Waals surface area (Å²) in [4.78, 5) is 12.3. The molecule has 0 aromatic heterocycles. The highest BCUT2D eigenvalue weighted by Crippen LogP contribution is 2.10. The molecule has 1 fully saturated rings. The fourth-order valence-electron chi connectivity index (χ4n) is 1.20. The van der Waals surface area contributed by atoms with Crippen molar-refractivity contribution in [2.75, 3.05) is 13.6 Å². The van der Waals surface area contributed by atoms with Gasteiger partial charge in [0.25, 0.3) is 0 Å². The zero-order valence-electron chi connectivity index (χ0n) is 5.58. The SMILES string of the molecule is CN1CCC(N)C1C=O. The fraction of sp³-hybridized carbons (Fsp3) is 0.833. The van der Waals surface area contributed by atoms with E-state index >= 15 is 0 Å². The first-order chi connectivity index (χ1) is 4.25. The molecular formula is C6H12N2O. The van der Waals surface area contributed by atoms with E-state index in [1.807, 2.05) is 11.9 Å². The van der Waals surface area contributed by atoms with Crippen LogP contribution in [0.15, 0.2) is 0 Å². The van der Waals surface area contributed by atoms with E-state index in [0.29, 0.717) is 0 Å². The number of carbonyl (C=O) groups is 1. The molecule has 2 atom stereocenters. The minimum atomic E-state index is -0.0370. The van der Waals surface area contributed by atoms with Crippen molar-refractivity contribution < 1.29 is 4.79 Å². The summed E-state index contributed by atoms with van der Waals surface area (Å²) in [6, 6.07) is 0.0255. The molecule has 2 unspecified atom stereocenters. The monoisotopic (exact) mass is 128 g/mol. The van der Waals surface area contributed by atoms with Gasteiger partial charge in [-0.05, 0) is 13.5 Å². The molecular weight excluding hydrogens is 116 g/mol. The maximum Gasteiger partial charge on any atom is 0.138 e. The Morgan fingerprint density at radius 1 is 1.78 bits per heavy atom. The molecule has 3 heteroatoms. The van der Waals surface area contributed by atoms with Crippen LogP contribution >= 0.6 is 0 Å². The largest absolute Gasteiger partial charge is 0.326 e. The normalized spacial score (nSPS) is 37.1. The summed E-state index contributed by atoms with van der Waals surface area (Å²) in [5, 5.41) is 0. The van der Waals surface area contributed by atoms with E-state index in [9.17, 15) is 4.79 Å². The molecule has 0 aromatic carbocycles. The Morgan fingerprint density at radius 3 is 2.67 bits per heavy atom. The number of likely N-dealkylation sites (N-methyl/N-ethyl adjacent to an activating group) is 1. The van der Waals surface area contributed by atoms with E-state index < -0.39 is 0 Å². The summed E-state index contributed by atoms with van der Waals surface area (Å²) < 4.78 is 0. The summed E-state index contributed by atoms with van der Waals surface area (Å²) in [7, 11) is 1.92. The van der Waals surface area contributed by atoms with Crippen molar-refractivity contribution in [2.45, 2.75) is 18.5 Å². The van der Waals surface area contributed by atoms with Crippen molar-refractivity contribution in [1.29, 1.82) is 0 Å². The predicted molar refractivity (Wildman–Crippen MR) is 35.1 cm³/mol. The number of hydrogen-bond acceptors (Lipinski definition) is 3. The molecule has 1 rings (SSSR count). The Hall–Kier alpha value is -0.410. The zero-order chi connectivity index (χ0) is 6.85. The second kappa shape index (κ2) is 2.45. The number of hydrogen-bond donors (Lipinski definition) is 1. The van der Waals surface area contributed by atoms with Crippen LogP contribution in [-0.4, -0.2) is 36.9 Å². The topological polar surface area (TPSA) is 46.3 Å². The predicted octanol–water partition coefficient (Wildman–Crippen LogP) is -0.783. The maximum absolute atomic E-state index is 10.3. The molecule has 0 spiro atoms. The van der Waals surface area contributed by atoms with Gasteiger partial charge in [-0.2, -0.15) is 0 Å². The Morgan fingerprint density at radius 2 is 2.44 bits per heavy atom. The van der Waals surface area contributed by atoms with E-state index in [1.165, 1.54) is 0 Å². The average Bonchev–Trinajstić information content (AvgIpc) is 2.12. The number of nitrogens with zero attached hydrogens (tertiary/aromatic N) is 1. The molecule has 0 amide bonds. The Bertz CT molecular complexity index is 106. The molecule has 0 radical (unpaired) electrons. The summed E-state index contributed by atoms with van der Waals surface area (Å²) >= 11 is 0. The lowest BCUT2D eigenvalue weighted by Gasteiger charge is -2.14. The third kappa shape index (κ3) is 1.11. The van der Waals surface area contributed by atoms with Gasteiger partial charge in [-0.15, -0.1) is 0 Å². The number of aldehydes is 1. The van der Waals surface area contributed by atoms with Crippen molar-refractivity contribution >= 4 is 6.29 Å². The Labute approximate surface area is 54.8 Å². The second-order valence-corrected chi connectivity index (χ2v) is 2.56. The van der Waals surface area contributed by atoms with E-state index in [2.05, 4.69) is 0 Å². The molecule has 3 nitrogen and oxygen atoms in total. The van der Waals surface area contributed by atoms with Gasteiger partial charge in [-0.25, -0.2) is 0 Å². The molecule has 0 aromatic rings. The van der Waals surface area contributed by atoms with E-state index in [1.54, 1.807) is 0 Å². The first-order valence-corrected chi connectivity index (χ1v) is 3.17. The molecule has 2 N–H and O–H groups in total. The molecule has 0 bridgehead atoms. The van der Waals surface area contributed by atoms with Crippen LogP contribution in [0.25, 0.3) is 0 Å². The summed E-state index contributed by atoms with van der Waals surface area (Å²) in [6.45, 7) is 0.949. The van der Waals surface area contributed by atoms with Gasteiger partial charge in [-0.1, -0.05) is 0 Å². The van der Waals surface area contributed by atoms with Gasteiger partial charge in [0.1, 0.15) is 6.29 Å². The van der Waals surface area contributed by atoms with Crippen LogP contribution in [0.3, 0.4) is 0 Å². The standard InChI is InChI=1S/C6H12N2O/c1-8-3-2-5(7)6(8)4-9/h4-6H,2-3,7H2,1H3. The fourth-order valence-corrected chi connectivity index (χ4v) is 1.20. The number of carbonyl (C=O) groups excluding carboxylic acids is 1. The second-order valence-electron chi connectivity index (χ2n) is 2.56. The van der Waals surface area contributed by atoms with Crippen LogP contribution in [0.4, 0.5) is 0 Å². The van der Waals surface area contributed by atoms with E-state index in [4.69, 9.17) is 5.73 Å². The van der Waals surface area contributed by atoms with Crippen LogP contribution in [-0.2, 0) is 4.79 Å². The molecule has 1 heterocycles. The highest BCUT2D eigenvalue weighted by atomic mass is 16.1. The molecule has 1 aliphatic rings. The lowest BCUT2D eigenvalue weighted by Crippen LogP contribution is -2.38. The quantitative estimate of drug-likeness (QED) is 0.471.